The fraction of sp³-hybridized carbons (Fsp3) is 0.448. The molecule has 5 rings (SSSR count). The van der Waals surface area contributed by atoms with Crippen LogP contribution in [0.4, 0.5) is 0 Å². The van der Waals surface area contributed by atoms with E-state index in [0.29, 0.717) is 31.5 Å². The summed E-state index contributed by atoms with van der Waals surface area (Å²) in [5.41, 5.74) is 4.36. The third-order valence-corrected chi connectivity index (χ3v) is 9.94. The number of aromatic hydroxyl groups is 1. The molecule has 2 aliphatic heterocycles. The molecule has 39 heavy (non-hydrogen) atoms. The molecule has 1 aromatic carbocycles. The Morgan fingerprint density at radius 2 is 2.10 bits per heavy atom. The highest BCUT2D eigenvalue weighted by molar-refractivity contribution is 14.1. The van der Waals surface area contributed by atoms with E-state index in [1.165, 1.54) is 17.6 Å². The summed E-state index contributed by atoms with van der Waals surface area (Å²) in [6.07, 6.45) is 4.96. The number of thiophene rings is 1. The summed E-state index contributed by atoms with van der Waals surface area (Å²) >= 11 is 3.64. The summed E-state index contributed by atoms with van der Waals surface area (Å²) in [6, 6.07) is 7.62. The van der Waals surface area contributed by atoms with Gasteiger partial charge in [0.05, 0.1) is 35.2 Å². The molecule has 2 amide bonds. The fourth-order valence-corrected chi connectivity index (χ4v) is 7.75. The van der Waals surface area contributed by atoms with Crippen LogP contribution in [0, 0.1) is 21.3 Å². The number of phenols is 1. The van der Waals surface area contributed by atoms with E-state index in [-0.39, 0.29) is 35.5 Å². The number of ether oxygens (including phenoxy) is 1. The molecule has 0 radical (unpaired) electrons. The van der Waals surface area contributed by atoms with E-state index in [1.54, 1.807) is 11.3 Å². The second-order valence-electron chi connectivity index (χ2n) is 10.6. The lowest BCUT2D eigenvalue weighted by atomic mass is 9.59. The highest BCUT2D eigenvalue weighted by atomic mass is 127. The monoisotopic (exact) mass is 661 g/mol. The molecule has 0 unspecified atom stereocenters. The molecule has 3 aliphatic rings. The smallest absolute Gasteiger partial charge is 0.455 e. The standard InChI is InChI=1S/C29H33BINO6S/c1-4-17(11-18-12-22(31)27(33)24(13-18)37-3)7-8-23-25-16(2)10-20-26(21(25)14-30(36)38-23)29(35)32(28(20)34)15-19-6-5-9-39-19/h5-6,9,11-13,20-21,23,26,33,36H,4,7-8,10,14-15H2,1-3H3/b17-11+/t20-,21+,23-,26-/m1/s1. The molecule has 2 fully saturated rings. The lowest BCUT2D eigenvalue weighted by Crippen LogP contribution is -2.46. The highest BCUT2D eigenvalue weighted by Crippen LogP contribution is 2.50. The van der Waals surface area contributed by atoms with Crippen LogP contribution in [0.2, 0.25) is 6.32 Å². The van der Waals surface area contributed by atoms with Crippen LogP contribution in [0.15, 0.2) is 46.4 Å². The Hall–Kier alpha value is -2.15. The zero-order valence-electron chi connectivity index (χ0n) is 22.4. The number of rotatable bonds is 8. The largest absolute Gasteiger partial charge is 0.504 e. The number of imide groups is 1. The van der Waals surface area contributed by atoms with Gasteiger partial charge < -0.3 is 19.5 Å². The third kappa shape index (κ3) is 5.58. The average molecular weight is 661 g/mol. The van der Waals surface area contributed by atoms with E-state index in [0.717, 1.165) is 38.0 Å². The van der Waals surface area contributed by atoms with Gasteiger partial charge in [0.25, 0.3) is 0 Å². The van der Waals surface area contributed by atoms with Gasteiger partial charge in [-0.2, -0.15) is 0 Å². The molecule has 0 bridgehead atoms. The predicted octanol–water partition coefficient (Wildman–Crippen LogP) is 5.66. The Balaban J connectivity index is 1.36. The SMILES string of the molecule is CC/C(=C\c1cc(I)c(O)c(OC)c1)CC[C@H]1OB(O)C[C@H]2C1=C(C)C[C@H]1C(=O)N(Cc3cccs3)C(=O)[C@H]12. The summed E-state index contributed by atoms with van der Waals surface area (Å²) in [5, 5.41) is 22.8. The summed E-state index contributed by atoms with van der Waals surface area (Å²) in [6.45, 7) is 4.47. The molecular weight excluding hydrogens is 628 g/mol. The van der Waals surface area contributed by atoms with Crippen LogP contribution in [0.25, 0.3) is 6.08 Å². The van der Waals surface area contributed by atoms with Gasteiger partial charge in [-0.15, -0.1) is 11.3 Å². The average Bonchev–Trinajstić information content (AvgIpc) is 3.50. The number of amides is 2. The Kier molecular flexibility index (Phi) is 8.56. The number of carbonyl (C=O) groups excluding carboxylic acids is 2. The van der Waals surface area contributed by atoms with Gasteiger partial charge in [0, 0.05) is 4.88 Å². The van der Waals surface area contributed by atoms with Gasteiger partial charge in [-0.1, -0.05) is 30.2 Å². The number of hydrogen-bond acceptors (Lipinski definition) is 7. The number of likely N-dealkylation sites (tertiary alicyclic amines) is 1. The van der Waals surface area contributed by atoms with Crippen LogP contribution in [-0.4, -0.2) is 47.2 Å². The second kappa shape index (κ2) is 11.8. The molecule has 2 aromatic rings. The van der Waals surface area contributed by atoms with Gasteiger partial charge in [0.1, 0.15) is 0 Å². The van der Waals surface area contributed by atoms with Crippen LogP contribution in [0.1, 0.15) is 50.0 Å². The second-order valence-corrected chi connectivity index (χ2v) is 12.8. The lowest BCUT2D eigenvalue weighted by molar-refractivity contribution is -0.140. The van der Waals surface area contributed by atoms with Crippen LogP contribution in [0.3, 0.4) is 0 Å². The van der Waals surface area contributed by atoms with Crippen molar-refractivity contribution in [1.29, 1.82) is 0 Å². The Bertz CT molecular complexity index is 1330. The van der Waals surface area contributed by atoms with Crippen molar-refractivity contribution in [2.75, 3.05) is 7.11 Å². The molecule has 3 heterocycles. The zero-order valence-corrected chi connectivity index (χ0v) is 25.3. The first-order valence-corrected chi connectivity index (χ1v) is 15.3. The number of hydrogen-bond donors (Lipinski definition) is 2. The topological polar surface area (TPSA) is 96.3 Å². The maximum atomic E-state index is 13.6. The zero-order chi connectivity index (χ0) is 27.8. The Morgan fingerprint density at radius 3 is 2.79 bits per heavy atom. The van der Waals surface area contributed by atoms with Crippen LogP contribution >= 0.6 is 33.9 Å². The summed E-state index contributed by atoms with van der Waals surface area (Å²) < 4.78 is 12.1. The first-order chi connectivity index (χ1) is 18.7. The normalized spacial score (nSPS) is 25.3. The summed E-state index contributed by atoms with van der Waals surface area (Å²) in [5.74, 6) is -0.641. The minimum Gasteiger partial charge on any atom is -0.504 e. The Labute approximate surface area is 247 Å². The number of carbonyl (C=O) groups is 2. The predicted molar refractivity (Wildman–Crippen MR) is 160 cm³/mol. The number of allylic oxidation sites excluding steroid dienone is 2. The van der Waals surface area contributed by atoms with Gasteiger partial charge in [-0.05, 0) is 102 Å². The number of methoxy groups -OCH3 is 1. The molecule has 2 saturated heterocycles. The minimum atomic E-state index is -0.971. The van der Waals surface area contributed by atoms with Gasteiger partial charge >= 0.3 is 7.12 Å². The molecule has 0 saturated carbocycles. The molecule has 2 N–H and O–H groups in total. The van der Waals surface area contributed by atoms with Crippen molar-refractivity contribution in [1.82, 2.24) is 4.90 Å². The molecular formula is C29H33BINO6S. The molecule has 206 valence electrons. The van der Waals surface area contributed by atoms with E-state index in [2.05, 4.69) is 35.6 Å². The molecule has 0 spiro atoms. The van der Waals surface area contributed by atoms with E-state index in [1.807, 2.05) is 36.6 Å². The van der Waals surface area contributed by atoms with Gasteiger partial charge in [-0.3, -0.25) is 14.5 Å². The number of halogens is 1. The van der Waals surface area contributed by atoms with Crippen molar-refractivity contribution < 1.29 is 29.1 Å². The summed E-state index contributed by atoms with van der Waals surface area (Å²) in [7, 11) is 0.567. The molecule has 10 heteroatoms. The number of fused-ring (bicyclic) bond motifs is 3. The minimum absolute atomic E-state index is 0.0931. The Morgan fingerprint density at radius 1 is 1.31 bits per heavy atom. The van der Waals surface area contributed by atoms with Gasteiger partial charge in [-0.25, -0.2) is 0 Å². The van der Waals surface area contributed by atoms with Gasteiger partial charge in [0.15, 0.2) is 11.5 Å². The quantitative estimate of drug-likeness (QED) is 0.164. The van der Waals surface area contributed by atoms with Crippen molar-refractivity contribution in [3.63, 3.8) is 0 Å². The number of benzene rings is 1. The van der Waals surface area contributed by atoms with Crippen LogP contribution in [-0.2, 0) is 20.8 Å². The van der Waals surface area contributed by atoms with Crippen molar-refractivity contribution >= 4 is 58.9 Å². The fourth-order valence-electron chi connectivity index (χ4n) is 6.44. The van der Waals surface area contributed by atoms with Crippen LogP contribution < -0.4 is 4.74 Å². The maximum absolute atomic E-state index is 13.6. The summed E-state index contributed by atoms with van der Waals surface area (Å²) in [4.78, 5) is 29.4. The van der Waals surface area contributed by atoms with E-state index < -0.39 is 13.0 Å². The van der Waals surface area contributed by atoms with Crippen molar-refractivity contribution in [3.05, 3.63) is 60.4 Å². The molecule has 4 atom stereocenters. The van der Waals surface area contributed by atoms with Crippen LogP contribution in [0.5, 0.6) is 11.5 Å². The van der Waals surface area contributed by atoms with E-state index >= 15 is 0 Å². The number of nitrogens with zero attached hydrogens (tertiary/aromatic N) is 1. The molecule has 7 nitrogen and oxygen atoms in total. The van der Waals surface area contributed by atoms with E-state index in [4.69, 9.17) is 9.39 Å². The van der Waals surface area contributed by atoms with Crippen molar-refractivity contribution in [3.8, 4) is 11.5 Å². The van der Waals surface area contributed by atoms with Crippen molar-refractivity contribution in [2.45, 2.75) is 58.5 Å². The number of phenolic OH excluding ortho intramolecular Hbond substituents is 1. The first kappa shape index (κ1) is 28.4. The molecule has 1 aromatic heterocycles. The lowest BCUT2D eigenvalue weighted by Gasteiger charge is -2.42. The van der Waals surface area contributed by atoms with Crippen molar-refractivity contribution in [2.24, 2.45) is 17.8 Å². The van der Waals surface area contributed by atoms with Gasteiger partial charge in [0.2, 0.25) is 11.8 Å². The van der Waals surface area contributed by atoms with E-state index in [9.17, 15) is 19.7 Å². The highest BCUT2D eigenvalue weighted by Gasteiger charge is 2.56. The molecule has 1 aliphatic carbocycles. The third-order valence-electron chi connectivity index (χ3n) is 8.26. The first-order valence-electron chi connectivity index (χ1n) is 13.4. The maximum Gasteiger partial charge on any atom is 0.455 e.